The Bertz CT molecular complexity index is 378. The summed E-state index contributed by atoms with van der Waals surface area (Å²) in [6.07, 6.45) is 3.39. The maximum absolute atomic E-state index is 12.5. The van der Waals surface area contributed by atoms with Gasteiger partial charge in [-0.2, -0.15) is 0 Å². The highest BCUT2D eigenvalue weighted by Gasteiger charge is 2.34. The Morgan fingerprint density at radius 3 is 2.44 bits per heavy atom. The van der Waals surface area contributed by atoms with Crippen molar-refractivity contribution < 1.29 is 8.42 Å². The van der Waals surface area contributed by atoms with E-state index in [1.165, 1.54) is 12.8 Å². The number of hydrogen-bond donors (Lipinski definition) is 1. The van der Waals surface area contributed by atoms with E-state index in [1.807, 2.05) is 6.92 Å². The zero-order valence-corrected chi connectivity index (χ0v) is 12.5. The first-order valence-corrected chi connectivity index (χ1v) is 8.64. The highest BCUT2D eigenvalue weighted by atomic mass is 32.2. The van der Waals surface area contributed by atoms with E-state index in [0.717, 1.165) is 6.42 Å². The third-order valence-corrected chi connectivity index (χ3v) is 6.67. The van der Waals surface area contributed by atoms with Gasteiger partial charge in [0.2, 0.25) is 10.0 Å². The fourth-order valence-electron chi connectivity index (χ4n) is 2.44. The fraction of sp³-hybridized carbons (Fsp3) is 1.00. The molecule has 2 rings (SSSR count). The monoisotopic (exact) mass is 274 g/mol. The van der Waals surface area contributed by atoms with Gasteiger partial charge in [0.05, 0.1) is 5.25 Å². The van der Waals surface area contributed by atoms with Gasteiger partial charge in [-0.15, -0.1) is 0 Å². The standard InChI is InChI=1S/C13H26N2O2S/c1-10-6-7-15(9-11(10)2)18(16,17)12(3)8-14-13-4-5-13/h10-14H,4-9H2,1-3H3. The van der Waals surface area contributed by atoms with Gasteiger partial charge in [0.1, 0.15) is 0 Å². The largest absolute Gasteiger partial charge is 0.313 e. The summed E-state index contributed by atoms with van der Waals surface area (Å²) in [5, 5.41) is 3.01. The van der Waals surface area contributed by atoms with Crippen LogP contribution in [0.5, 0.6) is 0 Å². The first-order chi connectivity index (χ1) is 8.41. The van der Waals surface area contributed by atoms with Gasteiger partial charge in [-0.3, -0.25) is 0 Å². The molecular weight excluding hydrogens is 248 g/mol. The fourth-order valence-corrected chi connectivity index (χ4v) is 4.05. The molecule has 3 atom stereocenters. The van der Waals surface area contributed by atoms with E-state index in [2.05, 4.69) is 19.2 Å². The van der Waals surface area contributed by atoms with Crippen molar-refractivity contribution in [1.82, 2.24) is 9.62 Å². The summed E-state index contributed by atoms with van der Waals surface area (Å²) in [4.78, 5) is 0. The molecule has 0 spiro atoms. The van der Waals surface area contributed by atoms with Gasteiger partial charge in [0, 0.05) is 25.7 Å². The molecule has 3 unspecified atom stereocenters. The van der Waals surface area contributed by atoms with Crippen LogP contribution in [0.4, 0.5) is 0 Å². The van der Waals surface area contributed by atoms with E-state index in [-0.39, 0.29) is 5.25 Å². The molecule has 0 aromatic rings. The molecule has 2 fully saturated rings. The number of sulfonamides is 1. The van der Waals surface area contributed by atoms with Gasteiger partial charge in [-0.25, -0.2) is 12.7 Å². The van der Waals surface area contributed by atoms with Gasteiger partial charge in [0.15, 0.2) is 0 Å². The summed E-state index contributed by atoms with van der Waals surface area (Å²) in [7, 11) is -3.12. The highest BCUT2D eigenvalue weighted by Crippen LogP contribution is 2.26. The molecule has 1 N–H and O–H groups in total. The molecule has 106 valence electrons. The minimum atomic E-state index is -3.12. The van der Waals surface area contributed by atoms with Crippen molar-refractivity contribution in [3.63, 3.8) is 0 Å². The Labute approximate surface area is 111 Å². The molecular formula is C13H26N2O2S. The van der Waals surface area contributed by atoms with Crippen LogP contribution in [-0.2, 0) is 10.0 Å². The minimum absolute atomic E-state index is 0.307. The predicted octanol–water partition coefficient (Wildman–Crippen LogP) is 1.43. The third kappa shape index (κ3) is 3.25. The van der Waals surface area contributed by atoms with Crippen molar-refractivity contribution >= 4 is 10.0 Å². The van der Waals surface area contributed by atoms with E-state index < -0.39 is 10.0 Å². The van der Waals surface area contributed by atoms with Crippen molar-refractivity contribution in [2.24, 2.45) is 11.8 Å². The van der Waals surface area contributed by atoms with Crippen LogP contribution in [0, 0.1) is 11.8 Å². The van der Waals surface area contributed by atoms with Crippen LogP contribution in [0.25, 0.3) is 0 Å². The van der Waals surface area contributed by atoms with Crippen LogP contribution in [0.2, 0.25) is 0 Å². The highest BCUT2D eigenvalue weighted by molar-refractivity contribution is 7.89. The maximum Gasteiger partial charge on any atom is 0.217 e. The Balaban J connectivity index is 1.91. The molecule has 5 heteroatoms. The summed E-state index contributed by atoms with van der Waals surface area (Å²) in [6, 6.07) is 0.572. The Hall–Kier alpha value is -0.130. The Kier molecular flexibility index (Phi) is 4.34. The first kappa shape index (κ1) is 14.3. The van der Waals surface area contributed by atoms with Gasteiger partial charge < -0.3 is 5.32 Å². The summed E-state index contributed by atoms with van der Waals surface area (Å²) in [5.74, 6) is 1.11. The van der Waals surface area contributed by atoms with Crippen LogP contribution in [0.15, 0.2) is 0 Å². The molecule has 0 aromatic carbocycles. The third-order valence-electron chi connectivity index (χ3n) is 4.44. The summed E-state index contributed by atoms with van der Waals surface area (Å²) < 4.78 is 26.6. The number of nitrogens with zero attached hydrogens (tertiary/aromatic N) is 1. The molecule has 4 nitrogen and oxygen atoms in total. The van der Waals surface area contributed by atoms with Crippen LogP contribution in [-0.4, -0.2) is 43.6 Å². The van der Waals surface area contributed by atoms with Crippen LogP contribution in [0.3, 0.4) is 0 Å². The quantitative estimate of drug-likeness (QED) is 0.825. The van der Waals surface area contributed by atoms with Crippen molar-refractivity contribution in [3.8, 4) is 0 Å². The molecule has 0 aromatic heterocycles. The average molecular weight is 274 g/mol. The lowest BCUT2D eigenvalue weighted by atomic mass is 9.90. The van der Waals surface area contributed by atoms with Gasteiger partial charge in [-0.1, -0.05) is 13.8 Å². The molecule has 1 heterocycles. The molecule has 0 bridgehead atoms. The van der Waals surface area contributed by atoms with Crippen molar-refractivity contribution in [1.29, 1.82) is 0 Å². The van der Waals surface area contributed by atoms with Crippen LogP contribution in [0.1, 0.15) is 40.0 Å². The first-order valence-electron chi connectivity index (χ1n) is 7.13. The number of nitrogens with one attached hydrogen (secondary N) is 1. The lowest BCUT2D eigenvalue weighted by Crippen LogP contribution is -2.47. The van der Waals surface area contributed by atoms with Crippen LogP contribution < -0.4 is 5.32 Å². The topological polar surface area (TPSA) is 49.4 Å². The number of piperidine rings is 1. The lowest BCUT2D eigenvalue weighted by molar-refractivity contribution is 0.211. The lowest BCUT2D eigenvalue weighted by Gasteiger charge is -2.35. The average Bonchev–Trinajstić information content (AvgIpc) is 3.13. The Morgan fingerprint density at radius 1 is 1.22 bits per heavy atom. The summed E-state index contributed by atoms with van der Waals surface area (Å²) in [6.45, 7) is 8.17. The molecule has 2 aliphatic rings. The second-order valence-electron chi connectivity index (χ2n) is 6.14. The molecule has 0 radical (unpaired) electrons. The second-order valence-corrected chi connectivity index (χ2v) is 8.49. The molecule has 18 heavy (non-hydrogen) atoms. The molecule has 1 aliphatic heterocycles. The van der Waals surface area contributed by atoms with Crippen molar-refractivity contribution in [2.75, 3.05) is 19.6 Å². The van der Waals surface area contributed by atoms with E-state index >= 15 is 0 Å². The van der Waals surface area contributed by atoms with E-state index in [0.29, 0.717) is 37.5 Å². The van der Waals surface area contributed by atoms with E-state index in [1.54, 1.807) is 4.31 Å². The number of rotatable bonds is 5. The smallest absolute Gasteiger partial charge is 0.217 e. The minimum Gasteiger partial charge on any atom is -0.313 e. The SMILES string of the molecule is CC1CCN(S(=O)(=O)C(C)CNC2CC2)CC1C. The van der Waals surface area contributed by atoms with E-state index in [4.69, 9.17) is 0 Å². The zero-order chi connectivity index (χ0) is 13.3. The van der Waals surface area contributed by atoms with Crippen molar-refractivity contribution in [3.05, 3.63) is 0 Å². The number of hydrogen-bond acceptors (Lipinski definition) is 3. The normalized spacial score (nSPS) is 32.4. The molecule has 1 saturated heterocycles. The predicted molar refractivity (Wildman–Crippen MR) is 73.9 cm³/mol. The van der Waals surface area contributed by atoms with Gasteiger partial charge in [-0.05, 0) is 38.0 Å². The summed E-state index contributed by atoms with van der Waals surface area (Å²) >= 11 is 0. The Morgan fingerprint density at radius 2 is 1.89 bits per heavy atom. The van der Waals surface area contributed by atoms with Crippen LogP contribution >= 0.6 is 0 Å². The van der Waals surface area contributed by atoms with E-state index in [9.17, 15) is 8.42 Å². The molecule has 0 amide bonds. The molecule has 1 aliphatic carbocycles. The maximum atomic E-state index is 12.5. The van der Waals surface area contributed by atoms with Gasteiger partial charge in [0.25, 0.3) is 0 Å². The van der Waals surface area contributed by atoms with Crippen molar-refractivity contribution in [2.45, 2.75) is 51.3 Å². The summed E-state index contributed by atoms with van der Waals surface area (Å²) in [5.41, 5.74) is 0. The van der Waals surface area contributed by atoms with Gasteiger partial charge >= 0.3 is 0 Å². The zero-order valence-electron chi connectivity index (χ0n) is 11.7. The second kappa shape index (κ2) is 5.47. The molecule has 1 saturated carbocycles.